The minimum atomic E-state index is 0.885. The molecule has 2 nitrogen and oxygen atoms in total. The maximum absolute atomic E-state index is 6.65. The van der Waals surface area contributed by atoms with E-state index in [4.69, 9.17) is 4.42 Å². The molecule has 0 saturated heterocycles. The van der Waals surface area contributed by atoms with Gasteiger partial charge in [-0.1, -0.05) is 146 Å². The van der Waals surface area contributed by atoms with Crippen LogP contribution < -0.4 is 4.90 Å². The van der Waals surface area contributed by atoms with E-state index in [1.165, 1.54) is 47.8 Å². The summed E-state index contributed by atoms with van der Waals surface area (Å²) in [4.78, 5) is 2.40. The second-order valence-corrected chi connectivity index (χ2v) is 15.2. The highest BCUT2D eigenvalue weighted by atomic mass is 32.1. The van der Waals surface area contributed by atoms with Gasteiger partial charge in [0.25, 0.3) is 0 Å². The van der Waals surface area contributed by atoms with Crippen LogP contribution in [0.1, 0.15) is 0 Å². The van der Waals surface area contributed by atoms with Crippen LogP contribution in [-0.4, -0.2) is 0 Å². The molecule has 3 heteroatoms. The van der Waals surface area contributed by atoms with Crippen molar-refractivity contribution in [1.29, 1.82) is 0 Å². The number of anilines is 3. The van der Waals surface area contributed by atoms with Gasteiger partial charge in [-0.3, -0.25) is 0 Å². The fourth-order valence-electron chi connectivity index (χ4n) is 8.27. The molecule has 0 unspecified atom stereocenters. The van der Waals surface area contributed by atoms with Crippen LogP contribution in [-0.2, 0) is 0 Å². The Hall–Kier alpha value is -6.94. The van der Waals surface area contributed by atoms with Gasteiger partial charge in [0.2, 0.25) is 0 Å². The number of benzene rings is 9. The molecule has 0 aliphatic rings. The first kappa shape index (κ1) is 31.6. The molecule has 2 aromatic heterocycles. The lowest BCUT2D eigenvalue weighted by molar-refractivity contribution is 0.673. The van der Waals surface area contributed by atoms with Gasteiger partial charge in [-0.05, 0) is 87.8 Å². The van der Waals surface area contributed by atoms with Crippen molar-refractivity contribution >= 4 is 81.3 Å². The van der Waals surface area contributed by atoms with E-state index in [0.29, 0.717) is 0 Å². The Morgan fingerprint density at radius 3 is 1.95 bits per heavy atom. The Balaban J connectivity index is 1.09. The molecule has 11 rings (SSSR count). The first-order valence-electron chi connectivity index (χ1n) is 18.7. The Morgan fingerprint density at radius 1 is 0.382 bits per heavy atom. The van der Waals surface area contributed by atoms with E-state index in [9.17, 15) is 0 Å². The van der Waals surface area contributed by atoms with Gasteiger partial charge in [-0.25, -0.2) is 0 Å². The van der Waals surface area contributed by atoms with Crippen LogP contribution in [0, 0.1) is 0 Å². The van der Waals surface area contributed by atoms with Gasteiger partial charge in [-0.2, -0.15) is 0 Å². The number of hydrogen-bond donors (Lipinski definition) is 0. The maximum atomic E-state index is 6.65. The third-order valence-electron chi connectivity index (χ3n) is 10.9. The van der Waals surface area contributed by atoms with Gasteiger partial charge >= 0.3 is 0 Å². The summed E-state index contributed by atoms with van der Waals surface area (Å²) in [5, 5.41) is 7.19. The zero-order valence-electron chi connectivity index (χ0n) is 29.8. The predicted molar refractivity (Wildman–Crippen MR) is 235 cm³/mol. The molecule has 0 spiro atoms. The molecule has 0 N–H and O–H groups in total. The molecule has 9 aromatic carbocycles. The van der Waals surface area contributed by atoms with Gasteiger partial charge in [0, 0.05) is 53.3 Å². The molecule has 2 heterocycles. The van der Waals surface area contributed by atoms with Gasteiger partial charge in [0.05, 0.1) is 5.69 Å². The summed E-state index contributed by atoms with van der Waals surface area (Å²) in [7, 11) is 0. The van der Waals surface area contributed by atoms with Crippen molar-refractivity contribution in [3.63, 3.8) is 0 Å². The molecule has 0 bridgehead atoms. The summed E-state index contributed by atoms with van der Waals surface area (Å²) < 4.78 is 9.28. The number of para-hydroxylation sites is 1. The van der Waals surface area contributed by atoms with E-state index >= 15 is 0 Å². The average Bonchev–Trinajstić information content (AvgIpc) is 3.83. The maximum Gasteiger partial charge on any atom is 0.143 e. The molecule has 55 heavy (non-hydrogen) atoms. The third-order valence-corrected chi connectivity index (χ3v) is 12.0. The van der Waals surface area contributed by atoms with Gasteiger partial charge in [0.1, 0.15) is 11.2 Å². The van der Waals surface area contributed by atoms with Crippen LogP contribution in [0.15, 0.2) is 205 Å². The van der Waals surface area contributed by atoms with Crippen molar-refractivity contribution in [2.75, 3.05) is 4.90 Å². The van der Waals surface area contributed by atoms with Crippen LogP contribution in [0.2, 0.25) is 0 Å². The van der Waals surface area contributed by atoms with E-state index in [1.54, 1.807) is 0 Å². The summed E-state index contributed by atoms with van der Waals surface area (Å²) in [6.45, 7) is 0. The van der Waals surface area contributed by atoms with Crippen molar-refractivity contribution in [3.8, 4) is 33.4 Å². The smallest absolute Gasteiger partial charge is 0.143 e. The lowest BCUT2D eigenvalue weighted by Crippen LogP contribution is -2.11. The monoisotopic (exact) mass is 719 g/mol. The van der Waals surface area contributed by atoms with Crippen molar-refractivity contribution in [2.24, 2.45) is 0 Å². The van der Waals surface area contributed by atoms with Crippen molar-refractivity contribution < 1.29 is 4.42 Å². The van der Waals surface area contributed by atoms with E-state index in [-0.39, 0.29) is 0 Å². The van der Waals surface area contributed by atoms with Crippen LogP contribution >= 0.6 is 11.3 Å². The van der Waals surface area contributed by atoms with E-state index in [1.807, 2.05) is 11.3 Å². The molecular weight excluding hydrogens is 687 g/mol. The topological polar surface area (TPSA) is 16.4 Å². The number of fused-ring (bicyclic) bond motifs is 8. The normalized spacial score (nSPS) is 11.6. The van der Waals surface area contributed by atoms with Crippen LogP contribution in [0.25, 0.3) is 86.3 Å². The molecule has 0 atom stereocenters. The van der Waals surface area contributed by atoms with Crippen molar-refractivity contribution in [3.05, 3.63) is 200 Å². The Labute approximate surface area is 322 Å². The number of furan rings is 1. The molecule has 11 aromatic rings. The highest BCUT2D eigenvalue weighted by molar-refractivity contribution is 7.25. The fraction of sp³-hybridized carbons (Fsp3) is 0. The standard InChI is InChI=1S/C52H33NOS/c1-2-12-34(13-3-1)37-15-10-16-40(32-37)53(39-28-24-35(25-29-39)38-27-30-44-43-19-7-9-23-49(43)55-50(44)33-38)47-21-8-6-18-42(47)45-20-11-22-48-51(45)46-31-26-36-14-4-5-17-41(36)52(46)54-48/h1-33H. The first-order valence-corrected chi connectivity index (χ1v) is 19.5. The quantitative estimate of drug-likeness (QED) is 0.170. The molecule has 0 saturated carbocycles. The summed E-state index contributed by atoms with van der Waals surface area (Å²) in [6.07, 6.45) is 0. The summed E-state index contributed by atoms with van der Waals surface area (Å²) >= 11 is 1.86. The zero-order valence-corrected chi connectivity index (χ0v) is 30.6. The van der Waals surface area contributed by atoms with E-state index < -0.39 is 0 Å². The third kappa shape index (κ3) is 5.32. The summed E-state index contributed by atoms with van der Waals surface area (Å²) in [5.74, 6) is 0. The molecule has 0 amide bonds. The van der Waals surface area contributed by atoms with Crippen LogP contribution in [0.4, 0.5) is 17.1 Å². The Morgan fingerprint density at radius 2 is 1.04 bits per heavy atom. The van der Waals surface area contributed by atoms with E-state index in [0.717, 1.165) is 55.5 Å². The van der Waals surface area contributed by atoms with Gasteiger partial charge in [0.15, 0.2) is 0 Å². The lowest BCUT2D eigenvalue weighted by atomic mass is 9.95. The summed E-state index contributed by atoms with van der Waals surface area (Å²) in [5.41, 5.74) is 12.1. The molecule has 0 fully saturated rings. The van der Waals surface area contributed by atoms with Gasteiger partial charge < -0.3 is 9.32 Å². The number of hydrogen-bond acceptors (Lipinski definition) is 3. The Kier molecular flexibility index (Phi) is 7.39. The second kappa shape index (κ2) is 12.9. The fourth-order valence-corrected chi connectivity index (χ4v) is 9.41. The van der Waals surface area contributed by atoms with Crippen LogP contribution in [0.3, 0.4) is 0 Å². The van der Waals surface area contributed by atoms with E-state index in [2.05, 4.69) is 205 Å². The zero-order chi connectivity index (χ0) is 36.3. The van der Waals surface area contributed by atoms with Crippen LogP contribution in [0.5, 0.6) is 0 Å². The molecule has 0 aliphatic heterocycles. The highest BCUT2D eigenvalue weighted by Gasteiger charge is 2.21. The van der Waals surface area contributed by atoms with Crippen molar-refractivity contribution in [1.82, 2.24) is 0 Å². The average molecular weight is 720 g/mol. The minimum absolute atomic E-state index is 0.885. The van der Waals surface area contributed by atoms with Gasteiger partial charge in [-0.15, -0.1) is 11.3 Å². The minimum Gasteiger partial charge on any atom is -0.455 e. The lowest BCUT2D eigenvalue weighted by Gasteiger charge is -2.28. The molecular formula is C52H33NOS. The SMILES string of the molecule is c1ccc(-c2cccc(N(c3ccc(-c4ccc5c(c4)sc4ccccc45)cc3)c3ccccc3-c3cccc4oc5c6ccccc6ccc5c34)c2)cc1. The largest absolute Gasteiger partial charge is 0.455 e. The molecule has 258 valence electrons. The second-order valence-electron chi connectivity index (χ2n) is 14.1. The predicted octanol–water partition coefficient (Wildman–Crippen LogP) is 15.6. The van der Waals surface area contributed by atoms with Crippen molar-refractivity contribution in [2.45, 2.75) is 0 Å². The Bertz CT molecular complexity index is 3210. The number of thiophene rings is 1. The highest BCUT2D eigenvalue weighted by Crippen LogP contribution is 2.46. The molecule has 0 radical (unpaired) electrons. The first-order chi connectivity index (χ1) is 27.3. The molecule has 0 aliphatic carbocycles. The number of rotatable bonds is 6. The number of nitrogens with zero attached hydrogens (tertiary/aromatic N) is 1. The summed E-state index contributed by atoms with van der Waals surface area (Å²) in [6, 6.07) is 72.2.